The highest BCUT2D eigenvalue weighted by Crippen LogP contribution is 2.19. The molecule has 0 aliphatic carbocycles. The smallest absolute Gasteiger partial charge is 0.305 e. The summed E-state index contributed by atoms with van der Waals surface area (Å²) in [6.07, 6.45) is 0.796. The van der Waals surface area contributed by atoms with E-state index < -0.39 is 4.92 Å². The number of methoxy groups -OCH3 is 1. The lowest BCUT2D eigenvalue weighted by Gasteiger charge is -2.02. The van der Waals surface area contributed by atoms with Crippen LogP contribution in [0.15, 0.2) is 24.3 Å². The molecule has 0 saturated heterocycles. The normalized spacial score (nSPS) is 9.95. The van der Waals surface area contributed by atoms with E-state index in [0.717, 1.165) is 0 Å². The van der Waals surface area contributed by atoms with Crippen molar-refractivity contribution in [1.82, 2.24) is 0 Å². The standard InChI is InChI=1S/C13H15NO5/c1-19-13(16)8-4-6-11(15)9-10-5-2-3-7-12(10)14(17)18/h2-3,5,7H,4,6,8-9H2,1H3. The van der Waals surface area contributed by atoms with Gasteiger partial charge in [-0.25, -0.2) is 0 Å². The molecule has 102 valence electrons. The molecule has 0 aliphatic rings. The molecule has 1 rings (SSSR count). The van der Waals surface area contributed by atoms with E-state index in [0.29, 0.717) is 12.0 Å². The monoisotopic (exact) mass is 265 g/mol. The van der Waals surface area contributed by atoms with Gasteiger partial charge < -0.3 is 4.74 Å². The molecule has 0 amide bonds. The van der Waals surface area contributed by atoms with Crippen molar-refractivity contribution in [1.29, 1.82) is 0 Å². The molecule has 1 aromatic rings. The minimum Gasteiger partial charge on any atom is -0.469 e. The number of esters is 1. The van der Waals surface area contributed by atoms with Crippen LogP contribution < -0.4 is 0 Å². The summed E-state index contributed by atoms with van der Waals surface area (Å²) < 4.78 is 4.46. The zero-order valence-corrected chi connectivity index (χ0v) is 10.6. The first-order chi connectivity index (χ1) is 9.04. The number of para-hydroxylation sites is 1. The largest absolute Gasteiger partial charge is 0.469 e. The van der Waals surface area contributed by atoms with Crippen LogP contribution in [-0.2, 0) is 20.7 Å². The number of carbonyl (C=O) groups is 2. The Kier molecular flexibility index (Phi) is 5.66. The third-order valence-corrected chi connectivity index (χ3v) is 2.64. The zero-order valence-electron chi connectivity index (χ0n) is 10.6. The summed E-state index contributed by atoms with van der Waals surface area (Å²) in [6, 6.07) is 6.15. The summed E-state index contributed by atoms with van der Waals surface area (Å²) in [6.45, 7) is 0. The highest BCUT2D eigenvalue weighted by Gasteiger charge is 2.15. The molecule has 0 aromatic heterocycles. The second-order valence-corrected chi connectivity index (χ2v) is 4.03. The van der Waals surface area contributed by atoms with Crippen molar-refractivity contribution in [3.8, 4) is 0 Å². The maximum absolute atomic E-state index is 11.7. The SMILES string of the molecule is COC(=O)CCCC(=O)Cc1ccccc1[N+](=O)[O-]. The van der Waals surface area contributed by atoms with Crippen LogP contribution >= 0.6 is 0 Å². The molecule has 0 atom stereocenters. The summed E-state index contributed by atoms with van der Waals surface area (Å²) in [4.78, 5) is 32.8. The van der Waals surface area contributed by atoms with Crippen LogP contribution in [0.1, 0.15) is 24.8 Å². The Bertz CT molecular complexity index is 484. The number of hydrogen-bond acceptors (Lipinski definition) is 5. The van der Waals surface area contributed by atoms with Crippen LogP contribution in [0.3, 0.4) is 0 Å². The Morgan fingerprint density at radius 1 is 1.26 bits per heavy atom. The molecule has 0 aliphatic heterocycles. The Balaban J connectivity index is 2.53. The molecule has 0 heterocycles. The lowest BCUT2D eigenvalue weighted by atomic mass is 10.0. The van der Waals surface area contributed by atoms with Gasteiger partial charge in [-0.3, -0.25) is 19.7 Å². The van der Waals surface area contributed by atoms with Crippen LogP contribution in [0.2, 0.25) is 0 Å². The highest BCUT2D eigenvalue weighted by molar-refractivity contribution is 5.82. The number of Topliss-reactive ketones (excluding diaryl/α,β-unsaturated/α-hetero) is 1. The number of nitro benzene ring substituents is 1. The van der Waals surface area contributed by atoms with Gasteiger partial charge in [0.1, 0.15) is 5.78 Å². The van der Waals surface area contributed by atoms with Gasteiger partial charge in [0.15, 0.2) is 0 Å². The first-order valence-corrected chi connectivity index (χ1v) is 5.85. The van der Waals surface area contributed by atoms with E-state index in [9.17, 15) is 19.7 Å². The van der Waals surface area contributed by atoms with Gasteiger partial charge in [-0.15, -0.1) is 0 Å². The van der Waals surface area contributed by atoms with Crippen molar-refractivity contribution in [2.24, 2.45) is 0 Å². The van der Waals surface area contributed by atoms with Crippen molar-refractivity contribution >= 4 is 17.4 Å². The van der Waals surface area contributed by atoms with Gasteiger partial charge in [0.25, 0.3) is 5.69 Å². The summed E-state index contributed by atoms with van der Waals surface area (Å²) in [5.74, 6) is -0.489. The molecule has 0 saturated carbocycles. The number of rotatable bonds is 7. The lowest BCUT2D eigenvalue weighted by molar-refractivity contribution is -0.385. The third kappa shape index (κ3) is 4.87. The van der Waals surface area contributed by atoms with Crippen molar-refractivity contribution in [3.63, 3.8) is 0 Å². The summed E-state index contributed by atoms with van der Waals surface area (Å²) in [5.41, 5.74) is 0.347. The van der Waals surface area contributed by atoms with Crippen molar-refractivity contribution in [2.45, 2.75) is 25.7 Å². The fourth-order valence-corrected chi connectivity index (χ4v) is 1.67. The fourth-order valence-electron chi connectivity index (χ4n) is 1.67. The van der Waals surface area contributed by atoms with Crippen LogP contribution in [0, 0.1) is 10.1 Å². The van der Waals surface area contributed by atoms with E-state index in [2.05, 4.69) is 4.74 Å². The highest BCUT2D eigenvalue weighted by atomic mass is 16.6. The van der Waals surface area contributed by atoms with Crippen molar-refractivity contribution < 1.29 is 19.2 Å². The molecule has 1 aromatic carbocycles. The van der Waals surface area contributed by atoms with Crippen LogP contribution in [0.25, 0.3) is 0 Å². The van der Waals surface area contributed by atoms with Crippen LogP contribution in [0.4, 0.5) is 5.69 Å². The predicted octanol–water partition coefficient (Wildman–Crippen LogP) is 2.05. The fraction of sp³-hybridized carbons (Fsp3) is 0.385. The van der Waals surface area contributed by atoms with Crippen LogP contribution in [-0.4, -0.2) is 23.8 Å². The average molecular weight is 265 g/mol. The average Bonchev–Trinajstić information content (AvgIpc) is 2.38. The number of nitrogens with zero attached hydrogens (tertiary/aromatic N) is 1. The van der Waals surface area contributed by atoms with E-state index in [4.69, 9.17) is 0 Å². The summed E-state index contributed by atoms with van der Waals surface area (Å²) in [5, 5.41) is 10.8. The zero-order chi connectivity index (χ0) is 14.3. The topological polar surface area (TPSA) is 86.5 Å². The van der Waals surface area contributed by atoms with Crippen molar-refractivity contribution in [2.75, 3.05) is 7.11 Å². The number of benzene rings is 1. The predicted molar refractivity (Wildman–Crippen MR) is 67.7 cm³/mol. The van der Waals surface area contributed by atoms with Gasteiger partial charge in [0.2, 0.25) is 0 Å². The second-order valence-electron chi connectivity index (χ2n) is 4.03. The van der Waals surface area contributed by atoms with Gasteiger partial charge in [0.05, 0.1) is 12.0 Å². The Hall–Kier alpha value is -2.24. The molecular formula is C13H15NO5. The number of hydrogen-bond donors (Lipinski definition) is 0. The molecular weight excluding hydrogens is 250 g/mol. The van der Waals surface area contributed by atoms with Gasteiger partial charge in [-0.2, -0.15) is 0 Å². The number of nitro groups is 1. The van der Waals surface area contributed by atoms with E-state index >= 15 is 0 Å². The molecule has 19 heavy (non-hydrogen) atoms. The molecule has 0 fully saturated rings. The Morgan fingerprint density at radius 2 is 1.95 bits per heavy atom. The third-order valence-electron chi connectivity index (χ3n) is 2.64. The summed E-state index contributed by atoms with van der Waals surface area (Å²) in [7, 11) is 1.29. The van der Waals surface area contributed by atoms with E-state index in [1.165, 1.54) is 13.2 Å². The van der Waals surface area contributed by atoms with E-state index in [1.54, 1.807) is 18.2 Å². The maximum Gasteiger partial charge on any atom is 0.305 e. The van der Waals surface area contributed by atoms with Crippen molar-refractivity contribution in [3.05, 3.63) is 39.9 Å². The van der Waals surface area contributed by atoms with Gasteiger partial charge in [0, 0.05) is 30.9 Å². The van der Waals surface area contributed by atoms with Gasteiger partial charge in [-0.05, 0) is 6.42 Å². The summed E-state index contributed by atoms with van der Waals surface area (Å²) >= 11 is 0. The number of ketones is 1. The molecule has 0 spiro atoms. The number of carbonyl (C=O) groups excluding carboxylic acids is 2. The molecule has 0 radical (unpaired) electrons. The Labute approximate surface area is 110 Å². The van der Waals surface area contributed by atoms with Gasteiger partial charge in [-0.1, -0.05) is 18.2 Å². The number of ether oxygens (including phenoxy) is 1. The minimum absolute atomic E-state index is 0.0122. The quantitative estimate of drug-likeness (QED) is 0.428. The second kappa shape index (κ2) is 7.25. The first kappa shape index (κ1) is 14.8. The van der Waals surface area contributed by atoms with E-state index in [-0.39, 0.29) is 36.7 Å². The maximum atomic E-state index is 11.7. The van der Waals surface area contributed by atoms with E-state index in [1.807, 2.05) is 0 Å². The minimum atomic E-state index is -0.503. The molecule has 0 bridgehead atoms. The van der Waals surface area contributed by atoms with Gasteiger partial charge >= 0.3 is 5.97 Å². The molecule has 0 N–H and O–H groups in total. The lowest BCUT2D eigenvalue weighted by Crippen LogP contribution is -2.07. The molecule has 6 nitrogen and oxygen atoms in total. The molecule has 6 heteroatoms. The first-order valence-electron chi connectivity index (χ1n) is 5.85. The Morgan fingerprint density at radius 3 is 2.58 bits per heavy atom. The van der Waals surface area contributed by atoms with Crippen LogP contribution in [0.5, 0.6) is 0 Å². The molecule has 0 unspecified atom stereocenters.